The number of para-hydroxylation sites is 1. The molecule has 1 heterocycles. The van der Waals surface area contributed by atoms with Crippen molar-refractivity contribution in [3.05, 3.63) is 29.3 Å². The van der Waals surface area contributed by atoms with Gasteiger partial charge in [-0.3, -0.25) is 4.79 Å². The number of ether oxygens (including phenoxy) is 1. The number of aryl methyl sites for hydroxylation is 2. The third-order valence-corrected chi connectivity index (χ3v) is 4.84. The number of benzene rings is 1. The van der Waals surface area contributed by atoms with Gasteiger partial charge in [0.05, 0.1) is 5.54 Å². The molecular weight excluding hydrogens is 276 g/mol. The number of carbonyl (C=O) groups excluding carboxylic acids is 1. The molecule has 2 fully saturated rings. The fourth-order valence-electron chi connectivity index (χ4n) is 3.54. The first kappa shape index (κ1) is 15.3. The number of carbonyl (C=O) groups is 1. The van der Waals surface area contributed by atoms with Crippen molar-refractivity contribution in [2.45, 2.75) is 33.2 Å². The Morgan fingerprint density at radius 1 is 1.27 bits per heavy atom. The van der Waals surface area contributed by atoms with Gasteiger partial charge in [-0.15, -0.1) is 0 Å². The maximum atomic E-state index is 12.4. The third kappa shape index (κ3) is 2.98. The zero-order chi connectivity index (χ0) is 15.9. The maximum Gasteiger partial charge on any atom is 0.224 e. The Hall–Kier alpha value is -1.55. The zero-order valence-corrected chi connectivity index (χ0v) is 13.9. The highest BCUT2D eigenvalue weighted by atomic mass is 16.5. The molecule has 2 unspecified atom stereocenters. The highest BCUT2D eigenvalue weighted by molar-refractivity contribution is 5.83. The lowest BCUT2D eigenvalue weighted by atomic mass is 10.1. The molecule has 120 valence electrons. The minimum absolute atomic E-state index is 0.187. The van der Waals surface area contributed by atoms with E-state index < -0.39 is 0 Å². The molecule has 0 spiro atoms. The van der Waals surface area contributed by atoms with Gasteiger partial charge in [0.15, 0.2) is 0 Å². The van der Waals surface area contributed by atoms with E-state index in [1.54, 1.807) is 0 Å². The second-order valence-electron chi connectivity index (χ2n) is 7.39. The van der Waals surface area contributed by atoms with Crippen LogP contribution in [-0.4, -0.2) is 31.1 Å². The van der Waals surface area contributed by atoms with Crippen molar-refractivity contribution < 1.29 is 9.53 Å². The van der Waals surface area contributed by atoms with Gasteiger partial charge >= 0.3 is 0 Å². The number of rotatable bonds is 5. The Morgan fingerprint density at radius 2 is 1.86 bits per heavy atom. The summed E-state index contributed by atoms with van der Waals surface area (Å²) in [5.41, 5.74) is 1.89. The first-order valence-corrected chi connectivity index (χ1v) is 8.11. The molecule has 1 amide bonds. The van der Waals surface area contributed by atoms with Gasteiger partial charge in [-0.05, 0) is 63.7 Å². The van der Waals surface area contributed by atoms with E-state index in [1.165, 1.54) is 0 Å². The summed E-state index contributed by atoms with van der Waals surface area (Å²) in [7, 11) is 0. The molecule has 2 atom stereocenters. The van der Waals surface area contributed by atoms with Crippen molar-refractivity contribution in [3.8, 4) is 5.75 Å². The van der Waals surface area contributed by atoms with Crippen LogP contribution in [0.4, 0.5) is 0 Å². The molecule has 1 aromatic rings. The van der Waals surface area contributed by atoms with Gasteiger partial charge in [-0.1, -0.05) is 18.2 Å². The van der Waals surface area contributed by atoms with Gasteiger partial charge in [0.2, 0.25) is 5.91 Å². The van der Waals surface area contributed by atoms with Crippen molar-refractivity contribution in [1.29, 1.82) is 0 Å². The molecule has 1 aliphatic heterocycles. The first-order valence-electron chi connectivity index (χ1n) is 8.11. The molecule has 1 saturated heterocycles. The number of hydrogen-bond donors (Lipinski definition) is 2. The molecule has 1 saturated carbocycles. The molecule has 4 nitrogen and oxygen atoms in total. The van der Waals surface area contributed by atoms with E-state index in [-0.39, 0.29) is 17.4 Å². The summed E-state index contributed by atoms with van der Waals surface area (Å²) in [5, 5.41) is 6.49. The predicted octanol–water partition coefficient (Wildman–Crippen LogP) is 2.04. The minimum atomic E-state index is -0.365. The monoisotopic (exact) mass is 302 g/mol. The second kappa shape index (κ2) is 5.58. The van der Waals surface area contributed by atoms with Crippen LogP contribution < -0.4 is 15.4 Å². The Morgan fingerprint density at radius 3 is 2.45 bits per heavy atom. The predicted molar refractivity (Wildman–Crippen MR) is 87.0 cm³/mol. The highest BCUT2D eigenvalue weighted by Gasteiger charge is 2.57. The van der Waals surface area contributed by atoms with Gasteiger partial charge in [-0.25, -0.2) is 0 Å². The molecule has 0 radical (unpaired) electrons. The van der Waals surface area contributed by atoms with Crippen LogP contribution in [0, 0.1) is 31.6 Å². The fraction of sp³-hybridized carbons (Fsp3) is 0.611. The van der Waals surface area contributed by atoms with Crippen molar-refractivity contribution in [2.75, 3.05) is 19.7 Å². The van der Waals surface area contributed by atoms with Gasteiger partial charge in [0, 0.05) is 5.92 Å². The average Bonchev–Trinajstić information content (AvgIpc) is 2.92. The molecule has 2 aliphatic rings. The summed E-state index contributed by atoms with van der Waals surface area (Å²) < 4.78 is 6.00. The summed E-state index contributed by atoms with van der Waals surface area (Å²) in [5.74, 6) is 2.43. The molecular formula is C18H26N2O2. The number of piperidine rings is 1. The van der Waals surface area contributed by atoms with Gasteiger partial charge < -0.3 is 15.4 Å². The van der Waals surface area contributed by atoms with E-state index in [4.69, 9.17) is 4.74 Å². The Labute approximate surface area is 132 Å². The second-order valence-corrected chi connectivity index (χ2v) is 7.39. The van der Waals surface area contributed by atoms with Crippen molar-refractivity contribution in [2.24, 2.45) is 17.8 Å². The molecule has 1 aliphatic carbocycles. The van der Waals surface area contributed by atoms with E-state index in [9.17, 15) is 4.79 Å². The Bertz CT molecular complexity index is 552. The summed E-state index contributed by atoms with van der Waals surface area (Å²) in [4.78, 5) is 12.4. The van der Waals surface area contributed by atoms with Crippen molar-refractivity contribution >= 4 is 5.91 Å². The zero-order valence-electron chi connectivity index (χ0n) is 13.9. The molecule has 2 N–H and O–H groups in total. The summed E-state index contributed by atoms with van der Waals surface area (Å²) in [6, 6.07) is 6.13. The molecule has 22 heavy (non-hydrogen) atoms. The summed E-state index contributed by atoms with van der Waals surface area (Å²) in [6.45, 7) is 10.6. The third-order valence-electron chi connectivity index (χ3n) is 4.84. The summed E-state index contributed by atoms with van der Waals surface area (Å²) in [6.07, 6.45) is 0. The molecule has 3 rings (SSSR count). The maximum absolute atomic E-state index is 12.4. The van der Waals surface area contributed by atoms with Gasteiger partial charge in [-0.2, -0.15) is 0 Å². The van der Waals surface area contributed by atoms with E-state index in [0.29, 0.717) is 18.4 Å². The molecule has 0 bridgehead atoms. The van der Waals surface area contributed by atoms with E-state index in [0.717, 1.165) is 30.0 Å². The van der Waals surface area contributed by atoms with Crippen molar-refractivity contribution in [3.63, 3.8) is 0 Å². The van der Waals surface area contributed by atoms with Crippen LogP contribution in [0.1, 0.15) is 25.0 Å². The lowest BCUT2D eigenvalue weighted by Crippen LogP contribution is -2.49. The van der Waals surface area contributed by atoms with Crippen molar-refractivity contribution in [1.82, 2.24) is 10.6 Å². The normalized spacial score (nSPS) is 26.5. The average molecular weight is 302 g/mol. The first-order chi connectivity index (χ1) is 10.4. The molecule has 4 heteroatoms. The lowest BCUT2D eigenvalue weighted by Gasteiger charge is -2.27. The van der Waals surface area contributed by atoms with Crippen LogP contribution in [-0.2, 0) is 4.79 Å². The quantitative estimate of drug-likeness (QED) is 0.875. The Kier molecular flexibility index (Phi) is 3.89. The number of nitrogens with one attached hydrogen (secondary N) is 2. The molecule has 1 aromatic carbocycles. The SMILES string of the molecule is Cc1cccc(C)c1OCC(C)(C)NC(=O)C1C2CNCC21. The number of fused-ring (bicyclic) bond motifs is 1. The minimum Gasteiger partial charge on any atom is -0.491 e. The van der Waals surface area contributed by atoms with E-state index in [2.05, 4.69) is 10.6 Å². The topological polar surface area (TPSA) is 50.4 Å². The van der Waals surface area contributed by atoms with E-state index >= 15 is 0 Å². The molecule has 0 aromatic heterocycles. The van der Waals surface area contributed by atoms with E-state index in [1.807, 2.05) is 45.9 Å². The smallest absolute Gasteiger partial charge is 0.224 e. The summed E-state index contributed by atoms with van der Waals surface area (Å²) >= 11 is 0. The van der Waals surface area contributed by atoms with Crippen LogP contribution in [0.2, 0.25) is 0 Å². The standard InChI is InChI=1S/C18H26N2O2/c1-11-6-5-7-12(2)16(11)22-10-18(3,4)20-17(21)15-13-8-19-9-14(13)15/h5-7,13-15,19H,8-10H2,1-4H3,(H,20,21). The Balaban J connectivity index is 1.56. The van der Waals surface area contributed by atoms with Gasteiger partial charge in [0.1, 0.15) is 12.4 Å². The van der Waals surface area contributed by atoms with Crippen LogP contribution in [0.5, 0.6) is 5.75 Å². The van der Waals surface area contributed by atoms with Crippen LogP contribution in [0.15, 0.2) is 18.2 Å². The number of hydrogen-bond acceptors (Lipinski definition) is 3. The van der Waals surface area contributed by atoms with Crippen LogP contribution in [0.3, 0.4) is 0 Å². The highest BCUT2D eigenvalue weighted by Crippen LogP contribution is 2.48. The van der Waals surface area contributed by atoms with Crippen LogP contribution >= 0.6 is 0 Å². The largest absolute Gasteiger partial charge is 0.491 e. The number of amides is 1. The lowest BCUT2D eigenvalue weighted by molar-refractivity contribution is -0.125. The van der Waals surface area contributed by atoms with Gasteiger partial charge in [0.25, 0.3) is 0 Å². The van der Waals surface area contributed by atoms with Crippen LogP contribution in [0.25, 0.3) is 0 Å². The fourth-order valence-corrected chi connectivity index (χ4v) is 3.54.